The summed E-state index contributed by atoms with van der Waals surface area (Å²) in [6.07, 6.45) is 1.19. The van der Waals surface area contributed by atoms with Gasteiger partial charge in [-0.2, -0.15) is 4.80 Å². The third-order valence-corrected chi connectivity index (χ3v) is 2.82. The highest BCUT2D eigenvalue weighted by Gasteiger charge is 2.14. The number of hydrogen-bond donors (Lipinski definition) is 1. The van der Waals surface area contributed by atoms with Crippen LogP contribution >= 0.6 is 0 Å². The highest BCUT2D eigenvalue weighted by atomic mass is 19.1. The van der Waals surface area contributed by atoms with Crippen molar-refractivity contribution in [1.82, 2.24) is 20.2 Å². The van der Waals surface area contributed by atoms with Crippen LogP contribution in [0.2, 0.25) is 0 Å². The first-order valence-electron chi connectivity index (χ1n) is 5.85. The lowest BCUT2D eigenvalue weighted by atomic mass is 9.96. The molecule has 1 heterocycles. The molecule has 0 spiro atoms. The molecule has 18 heavy (non-hydrogen) atoms. The van der Waals surface area contributed by atoms with Gasteiger partial charge in [0, 0.05) is 6.42 Å². The summed E-state index contributed by atoms with van der Waals surface area (Å²) in [4.78, 5) is 1.41. The Hall–Kier alpha value is -1.82. The highest BCUT2D eigenvalue weighted by molar-refractivity contribution is 5.18. The van der Waals surface area contributed by atoms with Crippen LogP contribution in [0.3, 0.4) is 0 Å². The van der Waals surface area contributed by atoms with Crippen LogP contribution in [-0.4, -0.2) is 26.8 Å². The predicted octanol–water partition coefficient (Wildman–Crippen LogP) is 0.709. The Balaban J connectivity index is 2.04. The monoisotopic (exact) mass is 249 g/mol. The molecule has 2 N–H and O–H groups in total. The third-order valence-electron chi connectivity index (χ3n) is 2.82. The zero-order chi connectivity index (χ0) is 13.0. The molecule has 0 saturated heterocycles. The van der Waals surface area contributed by atoms with E-state index in [-0.39, 0.29) is 11.7 Å². The summed E-state index contributed by atoms with van der Waals surface area (Å²) >= 11 is 0. The second kappa shape index (κ2) is 5.68. The van der Waals surface area contributed by atoms with Gasteiger partial charge in [0.2, 0.25) is 0 Å². The molecule has 6 heteroatoms. The first-order valence-corrected chi connectivity index (χ1v) is 5.85. The lowest BCUT2D eigenvalue weighted by molar-refractivity contribution is 0.499. The molecule has 0 radical (unpaired) electrons. The van der Waals surface area contributed by atoms with Crippen molar-refractivity contribution in [2.24, 2.45) is 18.7 Å². The minimum atomic E-state index is -0.192. The van der Waals surface area contributed by atoms with E-state index in [0.717, 1.165) is 0 Å². The van der Waals surface area contributed by atoms with Crippen molar-refractivity contribution in [2.75, 3.05) is 6.54 Å². The fourth-order valence-electron chi connectivity index (χ4n) is 1.88. The summed E-state index contributed by atoms with van der Waals surface area (Å²) < 4.78 is 13.5. The van der Waals surface area contributed by atoms with Gasteiger partial charge in [0.15, 0.2) is 5.82 Å². The van der Waals surface area contributed by atoms with Crippen molar-refractivity contribution in [3.63, 3.8) is 0 Å². The van der Waals surface area contributed by atoms with Gasteiger partial charge in [-0.15, -0.1) is 10.2 Å². The molecule has 0 aliphatic carbocycles. The van der Waals surface area contributed by atoms with Gasteiger partial charge in [-0.25, -0.2) is 4.39 Å². The summed E-state index contributed by atoms with van der Waals surface area (Å²) in [7, 11) is 1.71. The fraction of sp³-hybridized carbons (Fsp3) is 0.417. The van der Waals surface area contributed by atoms with Gasteiger partial charge in [0.05, 0.1) is 7.05 Å². The molecule has 1 atom stereocenters. The average molecular weight is 249 g/mol. The van der Waals surface area contributed by atoms with Crippen LogP contribution in [-0.2, 0) is 19.9 Å². The van der Waals surface area contributed by atoms with Gasteiger partial charge in [0.25, 0.3) is 0 Å². The van der Waals surface area contributed by atoms with Gasteiger partial charge in [0.1, 0.15) is 5.82 Å². The normalized spacial score (nSPS) is 12.6. The Kier molecular flexibility index (Phi) is 3.99. The number of benzene rings is 1. The van der Waals surface area contributed by atoms with E-state index in [4.69, 9.17) is 5.73 Å². The van der Waals surface area contributed by atoms with Gasteiger partial charge < -0.3 is 5.73 Å². The molecular weight excluding hydrogens is 233 g/mol. The topological polar surface area (TPSA) is 69.6 Å². The minimum Gasteiger partial charge on any atom is -0.330 e. The number of aryl methyl sites for hydroxylation is 1. The smallest absolute Gasteiger partial charge is 0.175 e. The Labute approximate surface area is 105 Å². The van der Waals surface area contributed by atoms with Crippen LogP contribution in [0.1, 0.15) is 11.4 Å². The van der Waals surface area contributed by atoms with E-state index in [1.807, 2.05) is 6.07 Å². The largest absolute Gasteiger partial charge is 0.330 e. The maximum atomic E-state index is 13.5. The molecular formula is C12H16FN5. The molecule has 0 bridgehead atoms. The summed E-state index contributed by atoms with van der Waals surface area (Å²) in [6, 6.07) is 6.75. The van der Waals surface area contributed by atoms with Crippen LogP contribution < -0.4 is 5.73 Å². The van der Waals surface area contributed by atoms with E-state index in [1.165, 1.54) is 10.9 Å². The number of tetrazole rings is 1. The zero-order valence-electron chi connectivity index (χ0n) is 10.3. The van der Waals surface area contributed by atoms with Crippen molar-refractivity contribution in [2.45, 2.75) is 12.8 Å². The fourth-order valence-corrected chi connectivity index (χ4v) is 1.88. The second-order valence-electron chi connectivity index (χ2n) is 4.30. The van der Waals surface area contributed by atoms with Gasteiger partial charge in [-0.05, 0) is 35.7 Å². The van der Waals surface area contributed by atoms with Crippen LogP contribution in [0.25, 0.3) is 0 Å². The quantitative estimate of drug-likeness (QED) is 0.847. The first-order chi connectivity index (χ1) is 8.69. The number of nitrogens with two attached hydrogens (primary N) is 1. The summed E-state index contributed by atoms with van der Waals surface area (Å²) in [5.74, 6) is 0.568. The van der Waals surface area contributed by atoms with Crippen molar-refractivity contribution in [3.8, 4) is 0 Å². The Bertz CT molecular complexity index is 511. The Morgan fingerprint density at radius 3 is 2.72 bits per heavy atom. The molecule has 0 aliphatic rings. The number of rotatable bonds is 5. The van der Waals surface area contributed by atoms with E-state index < -0.39 is 0 Å². The molecule has 1 aromatic heterocycles. The molecule has 0 fully saturated rings. The van der Waals surface area contributed by atoms with Crippen molar-refractivity contribution in [3.05, 3.63) is 41.5 Å². The molecule has 5 nitrogen and oxygen atoms in total. The van der Waals surface area contributed by atoms with E-state index in [9.17, 15) is 4.39 Å². The summed E-state index contributed by atoms with van der Waals surface area (Å²) in [5.41, 5.74) is 6.40. The van der Waals surface area contributed by atoms with Crippen LogP contribution in [0, 0.1) is 11.7 Å². The van der Waals surface area contributed by atoms with Gasteiger partial charge in [-0.1, -0.05) is 18.2 Å². The van der Waals surface area contributed by atoms with E-state index in [1.54, 1.807) is 19.2 Å². The number of hydrogen-bond acceptors (Lipinski definition) is 4. The molecule has 96 valence electrons. The zero-order valence-corrected chi connectivity index (χ0v) is 10.3. The minimum absolute atomic E-state index is 0.117. The van der Waals surface area contributed by atoms with Crippen molar-refractivity contribution >= 4 is 0 Å². The van der Waals surface area contributed by atoms with E-state index in [0.29, 0.717) is 30.8 Å². The predicted molar refractivity (Wildman–Crippen MR) is 65.2 cm³/mol. The molecule has 2 rings (SSSR count). The van der Waals surface area contributed by atoms with Crippen LogP contribution in [0.4, 0.5) is 4.39 Å². The standard InChI is InChI=1S/C12H16FN5/c1-18-16-12(15-17-18)7-9(8-14)6-10-4-2-3-5-11(10)13/h2-5,9H,6-8,14H2,1H3. The highest BCUT2D eigenvalue weighted by Crippen LogP contribution is 2.14. The van der Waals surface area contributed by atoms with Crippen molar-refractivity contribution in [1.29, 1.82) is 0 Å². The molecule has 0 amide bonds. The number of halogens is 1. The maximum absolute atomic E-state index is 13.5. The van der Waals surface area contributed by atoms with Crippen molar-refractivity contribution < 1.29 is 4.39 Å². The van der Waals surface area contributed by atoms with Gasteiger partial charge >= 0.3 is 0 Å². The Morgan fingerprint density at radius 1 is 1.33 bits per heavy atom. The maximum Gasteiger partial charge on any atom is 0.175 e. The average Bonchev–Trinajstić information content (AvgIpc) is 2.76. The summed E-state index contributed by atoms with van der Waals surface area (Å²) in [6.45, 7) is 0.465. The molecule has 2 aromatic rings. The molecule has 0 saturated carbocycles. The number of nitrogens with zero attached hydrogens (tertiary/aromatic N) is 4. The van der Waals surface area contributed by atoms with E-state index >= 15 is 0 Å². The third kappa shape index (κ3) is 3.10. The van der Waals surface area contributed by atoms with Crippen LogP contribution in [0.15, 0.2) is 24.3 Å². The lowest BCUT2D eigenvalue weighted by Crippen LogP contribution is -2.20. The first kappa shape index (κ1) is 12.6. The lowest BCUT2D eigenvalue weighted by Gasteiger charge is -2.12. The Morgan fingerprint density at radius 2 is 2.11 bits per heavy atom. The second-order valence-corrected chi connectivity index (χ2v) is 4.30. The molecule has 1 aromatic carbocycles. The molecule has 1 unspecified atom stereocenters. The summed E-state index contributed by atoms with van der Waals surface area (Å²) in [5, 5.41) is 11.8. The SMILES string of the molecule is Cn1nnc(CC(CN)Cc2ccccc2F)n1. The van der Waals surface area contributed by atoms with Gasteiger partial charge in [-0.3, -0.25) is 0 Å². The van der Waals surface area contributed by atoms with E-state index in [2.05, 4.69) is 15.4 Å². The van der Waals surface area contributed by atoms with Crippen LogP contribution in [0.5, 0.6) is 0 Å². The molecule has 0 aliphatic heterocycles. The number of aromatic nitrogens is 4.